The van der Waals surface area contributed by atoms with Gasteiger partial charge in [-0.15, -0.1) is 0 Å². The third-order valence-electron chi connectivity index (χ3n) is 2.53. The fourth-order valence-corrected chi connectivity index (χ4v) is 2.77. The Hall–Kier alpha value is -0.550. The molecule has 0 amide bonds. The van der Waals surface area contributed by atoms with Gasteiger partial charge in [-0.2, -0.15) is 5.10 Å². The quantitative estimate of drug-likeness (QED) is 0.783. The van der Waals surface area contributed by atoms with Gasteiger partial charge < -0.3 is 0 Å². The van der Waals surface area contributed by atoms with Gasteiger partial charge in [-0.3, -0.25) is 4.68 Å². The Morgan fingerprint density at radius 3 is 2.62 bits per heavy atom. The average molecular weight is 263 g/mol. The van der Waals surface area contributed by atoms with Crippen LogP contribution >= 0.6 is 10.7 Å². The van der Waals surface area contributed by atoms with E-state index in [1.54, 1.807) is 10.9 Å². The van der Waals surface area contributed by atoms with E-state index in [0.29, 0.717) is 18.2 Å². The minimum absolute atomic E-state index is 0.192. The standard InChI is InChI=1S/C10H15ClN2O2S/c1-7(2)5-13-6-9(16(11,14)15)10(12-13)8-3-4-8/h6-8H,3-5H2,1-2H3. The maximum atomic E-state index is 11.4. The first-order chi connectivity index (χ1) is 7.38. The second-order valence-corrected chi connectivity index (χ2v) is 7.24. The van der Waals surface area contributed by atoms with Crippen molar-refractivity contribution >= 4 is 19.7 Å². The van der Waals surface area contributed by atoms with Gasteiger partial charge >= 0.3 is 0 Å². The van der Waals surface area contributed by atoms with Gasteiger partial charge in [0.2, 0.25) is 0 Å². The summed E-state index contributed by atoms with van der Waals surface area (Å²) >= 11 is 0. The predicted molar refractivity (Wildman–Crippen MR) is 62.1 cm³/mol. The highest BCUT2D eigenvalue weighted by Crippen LogP contribution is 2.42. The van der Waals surface area contributed by atoms with Crippen molar-refractivity contribution in [3.8, 4) is 0 Å². The molecule has 2 rings (SSSR count). The molecule has 1 aliphatic carbocycles. The highest BCUT2D eigenvalue weighted by Gasteiger charge is 2.33. The van der Waals surface area contributed by atoms with Gasteiger partial charge in [-0.25, -0.2) is 8.42 Å². The summed E-state index contributed by atoms with van der Waals surface area (Å²) < 4.78 is 24.5. The molecule has 1 heterocycles. The second-order valence-electron chi connectivity index (χ2n) is 4.71. The Morgan fingerprint density at radius 2 is 2.19 bits per heavy atom. The molecule has 1 aliphatic rings. The summed E-state index contributed by atoms with van der Waals surface area (Å²) in [7, 11) is 1.74. The zero-order chi connectivity index (χ0) is 11.9. The average Bonchev–Trinajstić information content (AvgIpc) is 2.86. The lowest BCUT2D eigenvalue weighted by Gasteiger charge is -2.03. The van der Waals surface area contributed by atoms with Crippen molar-refractivity contribution in [3.05, 3.63) is 11.9 Å². The molecule has 0 spiro atoms. The number of halogens is 1. The number of hydrogen-bond acceptors (Lipinski definition) is 3. The molecule has 0 aromatic carbocycles. The van der Waals surface area contributed by atoms with Crippen molar-refractivity contribution in [1.82, 2.24) is 9.78 Å². The maximum Gasteiger partial charge on any atom is 0.264 e. The van der Waals surface area contributed by atoms with Gasteiger partial charge in [0.15, 0.2) is 0 Å². The Bertz CT molecular complexity index is 489. The highest BCUT2D eigenvalue weighted by molar-refractivity contribution is 8.13. The minimum atomic E-state index is -3.66. The SMILES string of the molecule is CC(C)Cn1cc(S(=O)(=O)Cl)c(C2CC2)n1. The predicted octanol–water partition coefficient (Wildman–Crippen LogP) is 2.34. The zero-order valence-corrected chi connectivity index (χ0v) is 10.9. The molecule has 0 atom stereocenters. The summed E-state index contributed by atoms with van der Waals surface area (Å²) in [6, 6.07) is 0. The monoisotopic (exact) mass is 262 g/mol. The fourth-order valence-electron chi connectivity index (χ4n) is 1.71. The maximum absolute atomic E-state index is 11.4. The molecule has 1 aromatic heterocycles. The van der Waals surface area contributed by atoms with Crippen LogP contribution in [-0.2, 0) is 15.6 Å². The van der Waals surface area contributed by atoms with Gasteiger partial charge in [-0.1, -0.05) is 13.8 Å². The van der Waals surface area contributed by atoms with Crippen molar-refractivity contribution in [3.63, 3.8) is 0 Å². The molecule has 16 heavy (non-hydrogen) atoms. The smallest absolute Gasteiger partial charge is 0.264 e. The summed E-state index contributed by atoms with van der Waals surface area (Å²) in [4.78, 5) is 0.192. The third kappa shape index (κ3) is 2.58. The first-order valence-corrected chi connectivity index (χ1v) is 7.71. The molecule has 1 aromatic rings. The fraction of sp³-hybridized carbons (Fsp3) is 0.700. The summed E-state index contributed by atoms with van der Waals surface area (Å²) in [5.41, 5.74) is 0.649. The Kier molecular flexibility index (Phi) is 3.01. The van der Waals surface area contributed by atoms with E-state index < -0.39 is 9.05 Å². The minimum Gasteiger partial charge on any atom is -0.271 e. The van der Waals surface area contributed by atoms with Crippen LogP contribution in [0.1, 0.15) is 38.3 Å². The summed E-state index contributed by atoms with van der Waals surface area (Å²) in [6.45, 7) is 4.84. The van der Waals surface area contributed by atoms with Crippen molar-refractivity contribution < 1.29 is 8.42 Å². The molecule has 0 N–H and O–H groups in total. The molecule has 4 nitrogen and oxygen atoms in total. The molecule has 0 radical (unpaired) electrons. The van der Waals surface area contributed by atoms with Crippen LogP contribution in [0.4, 0.5) is 0 Å². The van der Waals surface area contributed by atoms with E-state index in [0.717, 1.165) is 12.8 Å². The van der Waals surface area contributed by atoms with Gasteiger partial charge in [0.05, 0.1) is 5.69 Å². The molecular weight excluding hydrogens is 248 g/mol. The van der Waals surface area contributed by atoms with E-state index in [1.165, 1.54) is 0 Å². The first kappa shape index (κ1) is 11.9. The van der Waals surface area contributed by atoms with Crippen molar-refractivity contribution in [2.24, 2.45) is 5.92 Å². The van der Waals surface area contributed by atoms with Crippen molar-refractivity contribution in [2.75, 3.05) is 0 Å². The lowest BCUT2D eigenvalue weighted by atomic mass is 10.2. The number of hydrogen-bond donors (Lipinski definition) is 0. The first-order valence-electron chi connectivity index (χ1n) is 5.40. The van der Waals surface area contributed by atoms with Crippen molar-refractivity contribution in [2.45, 2.75) is 44.0 Å². The van der Waals surface area contributed by atoms with Gasteiger partial charge in [-0.05, 0) is 18.8 Å². The normalized spacial score (nSPS) is 17.0. The van der Waals surface area contributed by atoms with E-state index in [4.69, 9.17) is 10.7 Å². The second kappa shape index (κ2) is 4.04. The van der Waals surface area contributed by atoms with E-state index in [1.807, 2.05) is 0 Å². The molecule has 1 saturated carbocycles. The third-order valence-corrected chi connectivity index (χ3v) is 3.87. The van der Waals surface area contributed by atoms with E-state index in [2.05, 4.69) is 18.9 Å². The van der Waals surface area contributed by atoms with Crippen LogP contribution in [-0.4, -0.2) is 18.2 Å². The molecule has 90 valence electrons. The van der Waals surface area contributed by atoms with Crippen LogP contribution in [0.15, 0.2) is 11.1 Å². The number of aromatic nitrogens is 2. The van der Waals surface area contributed by atoms with Crippen LogP contribution in [0.3, 0.4) is 0 Å². The molecule has 1 fully saturated rings. The molecule has 0 saturated heterocycles. The zero-order valence-electron chi connectivity index (χ0n) is 9.35. The molecule has 0 bridgehead atoms. The highest BCUT2D eigenvalue weighted by atomic mass is 35.7. The lowest BCUT2D eigenvalue weighted by molar-refractivity contribution is 0.479. The van der Waals surface area contributed by atoms with E-state index >= 15 is 0 Å². The van der Waals surface area contributed by atoms with E-state index in [9.17, 15) is 8.42 Å². The Balaban J connectivity index is 2.38. The Labute approximate surface area is 100 Å². The number of nitrogens with zero attached hydrogens (tertiary/aromatic N) is 2. The van der Waals surface area contributed by atoms with Gasteiger partial charge in [0, 0.05) is 29.3 Å². The summed E-state index contributed by atoms with van der Waals surface area (Å²) in [6.07, 6.45) is 3.58. The summed E-state index contributed by atoms with van der Waals surface area (Å²) in [5, 5.41) is 4.33. The Morgan fingerprint density at radius 1 is 1.56 bits per heavy atom. The molecule has 0 unspecified atom stereocenters. The molecule has 0 aliphatic heterocycles. The van der Waals surface area contributed by atoms with Crippen molar-refractivity contribution in [1.29, 1.82) is 0 Å². The van der Waals surface area contributed by atoms with E-state index in [-0.39, 0.29) is 10.8 Å². The van der Waals surface area contributed by atoms with Crippen LogP contribution in [0, 0.1) is 5.92 Å². The topological polar surface area (TPSA) is 52.0 Å². The van der Waals surface area contributed by atoms with Gasteiger partial charge in [0.1, 0.15) is 4.90 Å². The van der Waals surface area contributed by atoms with Gasteiger partial charge in [0.25, 0.3) is 9.05 Å². The lowest BCUT2D eigenvalue weighted by Crippen LogP contribution is -2.04. The number of rotatable bonds is 4. The van der Waals surface area contributed by atoms with Crippen LogP contribution < -0.4 is 0 Å². The molecule has 6 heteroatoms. The van der Waals surface area contributed by atoms with Crippen LogP contribution in [0.5, 0.6) is 0 Å². The van der Waals surface area contributed by atoms with Crippen LogP contribution in [0.25, 0.3) is 0 Å². The largest absolute Gasteiger partial charge is 0.271 e. The van der Waals surface area contributed by atoms with Crippen LogP contribution in [0.2, 0.25) is 0 Å². The summed E-state index contributed by atoms with van der Waals surface area (Å²) in [5.74, 6) is 0.717. The molecular formula is C10H15ClN2O2S.